The first kappa shape index (κ1) is 8.79. The molecule has 1 heterocycles. The number of nitrogens with zero attached hydrogens (tertiary/aromatic N) is 1. The van der Waals surface area contributed by atoms with Crippen LogP contribution in [-0.4, -0.2) is 10.2 Å². The van der Waals surface area contributed by atoms with Gasteiger partial charge in [0.15, 0.2) is 0 Å². The first-order valence-electron chi connectivity index (χ1n) is 5.21. The van der Waals surface area contributed by atoms with Crippen LogP contribution < -0.4 is 0 Å². The maximum atomic E-state index is 4.27. The van der Waals surface area contributed by atoms with Gasteiger partial charge in [-0.25, -0.2) is 0 Å². The molecule has 1 aliphatic carbocycles. The van der Waals surface area contributed by atoms with Gasteiger partial charge in [0.05, 0.1) is 5.69 Å². The van der Waals surface area contributed by atoms with E-state index in [1.165, 1.54) is 36.2 Å². The summed E-state index contributed by atoms with van der Waals surface area (Å²) < 4.78 is 0. The fraction of sp³-hybridized carbons (Fsp3) is 0.727. The second-order valence-electron chi connectivity index (χ2n) is 4.51. The molecule has 1 unspecified atom stereocenters. The zero-order valence-electron chi connectivity index (χ0n) is 8.72. The molecular weight excluding hydrogens is 160 g/mol. The van der Waals surface area contributed by atoms with E-state index < -0.39 is 0 Å². The van der Waals surface area contributed by atoms with Crippen LogP contribution in [0, 0.1) is 18.8 Å². The molecule has 1 aromatic heterocycles. The fourth-order valence-corrected chi connectivity index (χ4v) is 2.25. The van der Waals surface area contributed by atoms with Gasteiger partial charge in [-0.15, -0.1) is 0 Å². The van der Waals surface area contributed by atoms with Crippen molar-refractivity contribution in [2.75, 3.05) is 0 Å². The second kappa shape index (κ2) is 3.17. The molecule has 1 atom stereocenters. The summed E-state index contributed by atoms with van der Waals surface area (Å²) in [6, 6.07) is 0. The lowest BCUT2D eigenvalue weighted by Crippen LogP contribution is -2.18. The largest absolute Gasteiger partial charge is 0.282 e. The van der Waals surface area contributed by atoms with Gasteiger partial charge >= 0.3 is 0 Å². The highest BCUT2D eigenvalue weighted by Crippen LogP contribution is 2.30. The standard InChI is InChI=1S/C11H18N2/c1-7(2)9-4-5-11-10(6-9)8(3)12-13-11/h7,9H,4-6H2,1-3H3,(H,12,13). The van der Waals surface area contributed by atoms with E-state index in [0.29, 0.717) is 0 Å². The lowest BCUT2D eigenvalue weighted by Gasteiger charge is -2.25. The van der Waals surface area contributed by atoms with E-state index in [1.54, 1.807) is 0 Å². The summed E-state index contributed by atoms with van der Waals surface area (Å²) in [4.78, 5) is 0. The Morgan fingerprint density at radius 1 is 1.46 bits per heavy atom. The van der Waals surface area contributed by atoms with Crippen molar-refractivity contribution in [3.63, 3.8) is 0 Å². The van der Waals surface area contributed by atoms with E-state index in [-0.39, 0.29) is 0 Å². The van der Waals surface area contributed by atoms with Crippen molar-refractivity contribution in [3.05, 3.63) is 17.0 Å². The van der Waals surface area contributed by atoms with Crippen LogP contribution >= 0.6 is 0 Å². The predicted molar refractivity (Wildman–Crippen MR) is 53.7 cm³/mol. The Morgan fingerprint density at radius 3 is 2.92 bits per heavy atom. The van der Waals surface area contributed by atoms with E-state index >= 15 is 0 Å². The topological polar surface area (TPSA) is 28.7 Å². The molecule has 0 amide bonds. The van der Waals surface area contributed by atoms with E-state index in [4.69, 9.17) is 0 Å². The minimum Gasteiger partial charge on any atom is -0.282 e. The van der Waals surface area contributed by atoms with Gasteiger partial charge in [-0.2, -0.15) is 5.10 Å². The van der Waals surface area contributed by atoms with Crippen LogP contribution in [-0.2, 0) is 12.8 Å². The van der Waals surface area contributed by atoms with Gasteiger partial charge in [-0.1, -0.05) is 13.8 Å². The molecule has 0 spiro atoms. The lowest BCUT2D eigenvalue weighted by atomic mass is 9.80. The average Bonchev–Trinajstić information content (AvgIpc) is 2.47. The van der Waals surface area contributed by atoms with Crippen molar-refractivity contribution in [3.8, 4) is 0 Å². The normalized spacial score (nSPS) is 22.0. The van der Waals surface area contributed by atoms with Gasteiger partial charge in [0.2, 0.25) is 0 Å². The Bertz CT molecular complexity index is 299. The van der Waals surface area contributed by atoms with Gasteiger partial charge in [0, 0.05) is 5.69 Å². The van der Waals surface area contributed by atoms with Crippen LogP contribution in [0.25, 0.3) is 0 Å². The van der Waals surface area contributed by atoms with Gasteiger partial charge in [0.1, 0.15) is 0 Å². The fourth-order valence-electron chi connectivity index (χ4n) is 2.25. The first-order chi connectivity index (χ1) is 6.18. The molecule has 72 valence electrons. The molecule has 0 saturated heterocycles. The zero-order valence-corrected chi connectivity index (χ0v) is 8.72. The molecule has 2 nitrogen and oxygen atoms in total. The van der Waals surface area contributed by atoms with Crippen LogP contribution in [0.15, 0.2) is 0 Å². The van der Waals surface area contributed by atoms with Crippen molar-refractivity contribution in [2.45, 2.75) is 40.0 Å². The number of nitrogens with one attached hydrogen (secondary N) is 1. The second-order valence-corrected chi connectivity index (χ2v) is 4.51. The smallest absolute Gasteiger partial charge is 0.0626 e. The molecule has 2 heteroatoms. The Morgan fingerprint density at radius 2 is 2.23 bits per heavy atom. The summed E-state index contributed by atoms with van der Waals surface area (Å²) in [5.74, 6) is 1.67. The molecule has 0 bridgehead atoms. The highest BCUT2D eigenvalue weighted by Gasteiger charge is 2.23. The van der Waals surface area contributed by atoms with E-state index in [2.05, 4.69) is 31.0 Å². The Kier molecular flexibility index (Phi) is 2.14. The van der Waals surface area contributed by atoms with Gasteiger partial charge in [-0.05, 0) is 43.6 Å². The highest BCUT2D eigenvalue weighted by atomic mass is 15.1. The van der Waals surface area contributed by atoms with Gasteiger partial charge in [-0.3, -0.25) is 5.10 Å². The van der Waals surface area contributed by atoms with Crippen LogP contribution in [0.2, 0.25) is 0 Å². The number of rotatable bonds is 1. The number of aryl methyl sites for hydroxylation is 2. The monoisotopic (exact) mass is 178 g/mol. The molecule has 1 aromatic rings. The van der Waals surface area contributed by atoms with Crippen LogP contribution in [0.5, 0.6) is 0 Å². The summed E-state index contributed by atoms with van der Waals surface area (Å²) in [6.45, 7) is 6.76. The van der Waals surface area contributed by atoms with E-state index in [1.807, 2.05) is 0 Å². The Labute approximate surface area is 79.7 Å². The maximum absolute atomic E-state index is 4.27. The summed E-state index contributed by atoms with van der Waals surface area (Å²) >= 11 is 0. The molecule has 0 fully saturated rings. The lowest BCUT2D eigenvalue weighted by molar-refractivity contribution is 0.341. The van der Waals surface area contributed by atoms with Crippen LogP contribution in [0.1, 0.15) is 37.2 Å². The number of aromatic nitrogens is 2. The number of hydrogen-bond donors (Lipinski definition) is 1. The maximum Gasteiger partial charge on any atom is 0.0626 e. The van der Waals surface area contributed by atoms with Gasteiger partial charge in [0.25, 0.3) is 0 Å². The number of fused-ring (bicyclic) bond motifs is 1. The van der Waals surface area contributed by atoms with Crippen LogP contribution in [0.4, 0.5) is 0 Å². The minimum absolute atomic E-state index is 0.808. The molecule has 0 aromatic carbocycles. The molecule has 0 aliphatic heterocycles. The molecule has 2 rings (SSSR count). The van der Waals surface area contributed by atoms with Crippen molar-refractivity contribution >= 4 is 0 Å². The van der Waals surface area contributed by atoms with Crippen molar-refractivity contribution in [2.24, 2.45) is 11.8 Å². The third-order valence-corrected chi connectivity index (χ3v) is 3.33. The number of aromatic amines is 1. The Balaban J connectivity index is 2.22. The van der Waals surface area contributed by atoms with Gasteiger partial charge < -0.3 is 0 Å². The number of hydrogen-bond acceptors (Lipinski definition) is 1. The van der Waals surface area contributed by atoms with Crippen molar-refractivity contribution < 1.29 is 0 Å². The molecule has 1 aliphatic rings. The molecule has 0 saturated carbocycles. The average molecular weight is 178 g/mol. The highest BCUT2D eigenvalue weighted by molar-refractivity contribution is 5.27. The Hall–Kier alpha value is -0.790. The van der Waals surface area contributed by atoms with E-state index in [9.17, 15) is 0 Å². The first-order valence-corrected chi connectivity index (χ1v) is 5.21. The molecule has 1 N–H and O–H groups in total. The number of H-pyrrole nitrogens is 1. The zero-order chi connectivity index (χ0) is 9.42. The third-order valence-electron chi connectivity index (χ3n) is 3.33. The predicted octanol–water partition coefficient (Wildman–Crippen LogP) is 2.48. The molecule has 13 heavy (non-hydrogen) atoms. The SMILES string of the molecule is Cc1n[nH]c2c1CC(C(C)C)CC2. The summed E-state index contributed by atoms with van der Waals surface area (Å²) in [5.41, 5.74) is 4.08. The van der Waals surface area contributed by atoms with Crippen molar-refractivity contribution in [1.82, 2.24) is 10.2 Å². The minimum atomic E-state index is 0.808. The summed E-state index contributed by atoms with van der Waals surface area (Å²) in [5, 5.41) is 7.40. The van der Waals surface area contributed by atoms with Crippen molar-refractivity contribution in [1.29, 1.82) is 0 Å². The summed E-state index contributed by atoms with van der Waals surface area (Å²) in [6.07, 6.45) is 3.75. The molecule has 0 radical (unpaired) electrons. The molecular formula is C11H18N2. The summed E-state index contributed by atoms with van der Waals surface area (Å²) in [7, 11) is 0. The van der Waals surface area contributed by atoms with Crippen LogP contribution in [0.3, 0.4) is 0 Å². The third kappa shape index (κ3) is 1.50. The van der Waals surface area contributed by atoms with E-state index in [0.717, 1.165) is 11.8 Å². The quantitative estimate of drug-likeness (QED) is 0.703.